The molecule has 0 spiro atoms. The summed E-state index contributed by atoms with van der Waals surface area (Å²) in [5, 5.41) is 4.48. The lowest BCUT2D eigenvalue weighted by Gasteiger charge is -2.41. The molecule has 0 bridgehead atoms. The first-order valence-electron chi connectivity index (χ1n) is 5.61. The highest BCUT2D eigenvalue weighted by Crippen LogP contribution is 2.30. The van der Waals surface area contributed by atoms with E-state index in [2.05, 4.69) is 34.3 Å². The van der Waals surface area contributed by atoms with E-state index in [-0.39, 0.29) is 0 Å². The van der Waals surface area contributed by atoms with Crippen molar-refractivity contribution in [1.29, 1.82) is 0 Å². The van der Waals surface area contributed by atoms with Crippen LogP contribution >= 0.6 is 12.2 Å². The fourth-order valence-electron chi connectivity index (χ4n) is 2.27. The highest BCUT2D eigenvalue weighted by molar-refractivity contribution is 7.80. The van der Waals surface area contributed by atoms with Crippen molar-refractivity contribution in [2.24, 2.45) is 0 Å². The van der Waals surface area contributed by atoms with Crippen molar-refractivity contribution in [2.75, 3.05) is 26.3 Å². The predicted molar refractivity (Wildman–Crippen MR) is 66.8 cm³/mol. The number of fused-ring (bicyclic) bond motifs is 1. The summed E-state index contributed by atoms with van der Waals surface area (Å²) in [6, 6.07) is 0. The van der Waals surface area contributed by atoms with Gasteiger partial charge in [0.2, 0.25) is 0 Å². The van der Waals surface area contributed by atoms with Crippen LogP contribution in [0.4, 0.5) is 0 Å². The molecule has 1 fully saturated rings. The molecule has 0 saturated carbocycles. The summed E-state index contributed by atoms with van der Waals surface area (Å²) >= 11 is 5.46. The van der Waals surface area contributed by atoms with Crippen LogP contribution in [0.25, 0.3) is 0 Å². The van der Waals surface area contributed by atoms with E-state index in [0.717, 1.165) is 37.7 Å². The Morgan fingerprint density at radius 2 is 2.06 bits per heavy atom. The minimum Gasteiger partial charge on any atom is -0.379 e. The molecular formula is C12H14N2OS. The highest BCUT2D eigenvalue weighted by atomic mass is 32.1. The van der Waals surface area contributed by atoms with E-state index in [9.17, 15) is 0 Å². The lowest BCUT2D eigenvalue weighted by Crippen LogP contribution is -2.51. The number of hydrazine groups is 1. The van der Waals surface area contributed by atoms with Gasteiger partial charge in [-0.25, -0.2) is 5.01 Å². The van der Waals surface area contributed by atoms with Crippen LogP contribution < -0.4 is 0 Å². The van der Waals surface area contributed by atoms with Gasteiger partial charge < -0.3 is 4.74 Å². The summed E-state index contributed by atoms with van der Waals surface area (Å²) in [5.74, 6) is 0. The van der Waals surface area contributed by atoms with Crippen molar-refractivity contribution in [3.05, 3.63) is 35.6 Å². The molecule has 0 amide bonds. The molecule has 2 heterocycles. The lowest BCUT2D eigenvalue weighted by atomic mass is 10.1. The molecule has 0 radical (unpaired) electrons. The Morgan fingerprint density at radius 1 is 1.25 bits per heavy atom. The molecule has 1 aliphatic carbocycles. The topological polar surface area (TPSA) is 15.7 Å². The maximum absolute atomic E-state index is 5.46. The Bertz CT molecular complexity index is 405. The minimum absolute atomic E-state index is 0.791. The van der Waals surface area contributed by atoms with Crippen molar-refractivity contribution in [1.82, 2.24) is 10.0 Å². The summed E-state index contributed by atoms with van der Waals surface area (Å²) in [4.78, 5) is 0.987. The second kappa shape index (κ2) is 4.13. The first-order valence-corrected chi connectivity index (χ1v) is 6.01. The van der Waals surface area contributed by atoms with E-state index in [1.807, 2.05) is 0 Å². The fourth-order valence-corrected chi connectivity index (χ4v) is 2.57. The molecule has 0 atom stereocenters. The maximum atomic E-state index is 5.46. The summed E-state index contributed by atoms with van der Waals surface area (Å²) in [5.41, 5.74) is 2.51. The third-order valence-electron chi connectivity index (χ3n) is 3.06. The molecule has 1 saturated heterocycles. The Balaban J connectivity index is 1.88. The molecule has 0 N–H and O–H groups in total. The first-order chi connectivity index (χ1) is 7.86. The number of ether oxygens (including phenoxy) is 1. The molecule has 16 heavy (non-hydrogen) atoms. The van der Waals surface area contributed by atoms with Crippen LogP contribution in [-0.2, 0) is 4.74 Å². The summed E-state index contributed by atoms with van der Waals surface area (Å²) in [6.45, 7) is 3.42. The molecule has 0 aromatic rings. The number of hydrogen-bond donors (Lipinski definition) is 0. The first kappa shape index (κ1) is 10.2. The van der Waals surface area contributed by atoms with Crippen LogP contribution in [0.3, 0.4) is 0 Å². The predicted octanol–water partition coefficient (Wildman–Crippen LogP) is 1.65. The number of thiocarbonyl (C=S) groups is 1. The van der Waals surface area contributed by atoms with Crippen molar-refractivity contribution in [3.8, 4) is 0 Å². The molecule has 0 aromatic heterocycles. The van der Waals surface area contributed by atoms with Gasteiger partial charge in [-0.3, -0.25) is 5.01 Å². The smallest absolute Gasteiger partial charge is 0.102 e. The van der Waals surface area contributed by atoms with Gasteiger partial charge in [0.25, 0.3) is 0 Å². The van der Waals surface area contributed by atoms with Gasteiger partial charge in [-0.05, 0) is 11.6 Å². The summed E-state index contributed by atoms with van der Waals surface area (Å²) in [6.07, 6.45) is 9.43. The third kappa shape index (κ3) is 1.63. The number of hydrogen-bond acceptors (Lipinski definition) is 3. The van der Waals surface area contributed by atoms with E-state index in [1.54, 1.807) is 0 Å². The van der Waals surface area contributed by atoms with Crippen LogP contribution in [0.5, 0.6) is 0 Å². The van der Waals surface area contributed by atoms with Crippen LogP contribution in [0, 0.1) is 0 Å². The highest BCUT2D eigenvalue weighted by Gasteiger charge is 2.28. The molecule has 0 unspecified atom stereocenters. The minimum atomic E-state index is 0.791. The van der Waals surface area contributed by atoms with Gasteiger partial charge in [-0.15, -0.1) is 0 Å². The fraction of sp³-hybridized carbons (Fsp3) is 0.417. The SMILES string of the molecule is S=C1CC=C2C=CC=C2N1N1CCOCC1. The van der Waals surface area contributed by atoms with E-state index in [4.69, 9.17) is 17.0 Å². The number of rotatable bonds is 1. The maximum Gasteiger partial charge on any atom is 0.102 e. The second-order valence-electron chi connectivity index (χ2n) is 4.05. The standard InChI is InChI=1S/C12H14N2OS/c16-12-5-4-10-2-1-3-11(10)14(12)13-6-8-15-9-7-13/h1-4H,5-9H2. The number of nitrogens with zero attached hydrogens (tertiary/aromatic N) is 2. The molecule has 3 rings (SSSR count). The second-order valence-corrected chi connectivity index (χ2v) is 4.52. The zero-order valence-corrected chi connectivity index (χ0v) is 9.87. The Hall–Kier alpha value is -0.970. The van der Waals surface area contributed by atoms with E-state index in [1.165, 1.54) is 11.3 Å². The molecular weight excluding hydrogens is 220 g/mol. The summed E-state index contributed by atoms with van der Waals surface area (Å²) < 4.78 is 5.38. The van der Waals surface area contributed by atoms with Crippen LogP contribution in [0.15, 0.2) is 35.6 Å². The Morgan fingerprint density at radius 3 is 2.88 bits per heavy atom. The van der Waals surface area contributed by atoms with Gasteiger partial charge in [-0.1, -0.05) is 30.4 Å². The van der Waals surface area contributed by atoms with E-state index < -0.39 is 0 Å². The zero-order chi connectivity index (χ0) is 11.0. The lowest BCUT2D eigenvalue weighted by molar-refractivity contribution is -0.0334. The average molecular weight is 234 g/mol. The van der Waals surface area contributed by atoms with Gasteiger partial charge >= 0.3 is 0 Å². The zero-order valence-electron chi connectivity index (χ0n) is 9.06. The van der Waals surface area contributed by atoms with Crippen molar-refractivity contribution < 1.29 is 4.74 Å². The molecule has 4 heteroatoms. The molecule has 3 aliphatic rings. The Labute approximate surface area is 101 Å². The van der Waals surface area contributed by atoms with Crippen LogP contribution in [0.1, 0.15) is 6.42 Å². The van der Waals surface area contributed by atoms with Crippen molar-refractivity contribution in [3.63, 3.8) is 0 Å². The number of allylic oxidation sites excluding steroid dienone is 3. The van der Waals surface area contributed by atoms with Crippen molar-refractivity contribution in [2.45, 2.75) is 6.42 Å². The van der Waals surface area contributed by atoms with E-state index in [0.29, 0.717) is 0 Å². The van der Waals surface area contributed by atoms with Crippen LogP contribution in [-0.4, -0.2) is 41.3 Å². The molecule has 3 nitrogen and oxygen atoms in total. The van der Waals surface area contributed by atoms with Crippen LogP contribution in [0.2, 0.25) is 0 Å². The normalized spacial score (nSPS) is 25.5. The molecule has 2 aliphatic heterocycles. The molecule has 0 aromatic carbocycles. The largest absolute Gasteiger partial charge is 0.379 e. The van der Waals surface area contributed by atoms with Gasteiger partial charge in [0.05, 0.1) is 18.9 Å². The average Bonchev–Trinajstić information content (AvgIpc) is 2.78. The van der Waals surface area contributed by atoms with Gasteiger partial charge in [0.1, 0.15) is 4.99 Å². The number of morpholine rings is 1. The van der Waals surface area contributed by atoms with Gasteiger partial charge in [0, 0.05) is 19.5 Å². The quantitative estimate of drug-likeness (QED) is 0.641. The van der Waals surface area contributed by atoms with Gasteiger partial charge in [-0.2, -0.15) is 0 Å². The summed E-state index contributed by atoms with van der Waals surface area (Å²) in [7, 11) is 0. The van der Waals surface area contributed by atoms with Crippen molar-refractivity contribution >= 4 is 17.2 Å². The third-order valence-corrected chi connectivity index (χ3v) is 3.40. The monoisotopic (exact) mass is 234 g/mol. The molecule has 84 valence electrons. The van der Waals surface area contributed by atoms with E-state index >= 15 is 0 Å². The Kier molecular flexibility index (Phi) is 2.63. The van der Waals surface area contributed by atoms with Gasteiger partial charge in [0.15, 0.2) is 0 Å².